The summed E-state index contributed by atoms with van der Waals surface area (Å²) in [5.41, 5.74) is 0. The van der Waals surface area contributed by atoms with Crippen LogP contribution in [0.3, 0.4) is 0 Å². The van der Waals surface area contributed by atoms with Crippen LogP contribution >= 0.6 is 0 Å². The summed E-state index contributed by atoms with van der Waals surface area (Å²) < 4.78 is 16.2. The smallest absolute Gasteiger partial charge is 0.374 e. The molecule has 0 bridgehead atoms. The second kappa shape index (κ2) is 8.24. The normalized spacial score (nSPS) is 19.4. The second-order valence-electron chi connectivity index (χ2n) is 3.47. The molecule has 1 aliphatic rings. The molecular formula is C10H25NO3Si. The van der Waals surface area contributed by atoms with Crippen LogP contribution in [0, 0.1) is 0 Å². The first kappa shape index (κ1) is 15.1. The zero-order valence-corrected chi connectivity index (χ0v) is 11.6. The zero-order chi connectivity index (χ0) is 11.7. The van der Waals surface area contributed by atoms with Crippen molar-refractivity contribution < 1.29 is 13.3 Å². The molecule has 1 fully saturated rings. The summed E-state index contributed by atoms with van der Waals surface area (Å²) in [6.45, 7) is 13.1. The summed E-state index contributed by atoms with van der Waals surface area (Å²) in [4.78, 5) is 0. The molecular weight excluding hydrogens is 210 g/mol. The molecule has 1 unspecified atom stereocenters. The Morgan fingerprint density at radius 3 is 1.47 bits per heavy atom. The van der Waals surface area contributed by atoms with Crippen LogP contribution in [-0.2, 0) is 13.3 Å². The third-order valence-corrected chi connectivity index (χ3v) is 4.27. The van der Waals surface area contributed by atoms with Crippen molar-refractivity contribution in [1.29, 1.82) is 0 Å². The van der Waals surface area contributed by atoms with Gasteiger partial charge in [0.25, 0.3) is 0 Å². The average molecular weight is 235 g/mol. The molecule has 5 heteroatoms. The van der Waals surface area contributed by atoms with E-state index in [2.05, 4.69) is 12.2 Å². The summed E-state index contributed by atoms with van der Waals surface area (Å²) >= 11 is 0. The van der Waals surface area contributed by atoms with Gasteiger partial charge in [-0.25, -0.2) is 0 Å². The highest BCUT2D eigenvalue weighted by molar-refractivity contribution is 6.59. The number of nitrogens with one attached hydrogen (secondary N) is 1. The number of hydrogen-bond acceptors (Lipinski definition) is 4. The van der Waals surface area contributed by atoms with E-state index in [0.717, 1.165) is 6.04 Å². The van der Waals surface area contributed by atoms with Crippen LogP contribution in [0.5, 0.6) is 0 Å². The van der Waals surface area contributed by atoms with Crippen molar-refractivity contribution in [2.24, 2.45) is 0 Å². The first-order valence-electron chi connectivity index (χ1n) is 5.73. The quantitative estimate of drug-likeness (QED) is 0.562. The van der Waals surface area contributed by atoms with Gasteiger partial charge in [-0.1, -0.05) is 0 Å². The molecule has 0 amide bonds. The Bertz CT molecular complexity index is 137. The van der Waals surface area contributed by atoms with Crippen LogP contribution in [0.1, 0.15) is 27.7 Å². The topological polar surface area (TPSA) is 49.6 Å². The first-order chi connectivity index (χ1) is 7.08. The predicted octanol–water partition coefficient (Wildman–Crippen LogP) is 1.64. The fourth-order valence-corrected chi connectivity index (χ4v) is 2.85. The molecule has 1 heterocycles. The Morgan fingerprint density at radius 2 is 1.33 bits per heavy atom. The Hall–Kier alpha value is 0.0569. The van der Waals surface area contributed by atoms with Gasteiger partial charge in [0.05, 0.1) is 0 Å². The largest absolute Gasteiger partial charge is 0.497 e. The Morgan fingerprint density at radius 1 is 1.07 bits per heavy atom. The van der Waals surface area contributed by atoms with Gasteiger partial charge in [-0.15, -0.1) is 0 Å². The summed E-state index contributed by atoms with van der Waals surface area (Å²) in [5, 5.41) is 3.10. The van der Waals surface area contributed by atoms with Gasteiger partial charge in [-0.05, 0) is 27.7 Å². The molecule has 0 aromatic heterocycles. The van der Waals surface area contributed by atoms with Gasteiger partial charge < -0.3 is 18.6 Å². The highest BCUT2D eigenvalue weighted by atomic mass is 28.4. The molecule has 0 spiro atoms. The van der Waals surface area contributed by atoms with E-state index in [-0.39, 0.29) is 0 Å². The minimum absolute atomic E-state index is 0.655. The number of hydrogen-bond donors (Lipinski definition) is 1. The Kier molecular flexibility index (Phi) is 8.27. The second-order valence-corrected chi connectivity index (χ2v) is 6.06. The van der Waals surface area contributed by atoms with Crippen molar-refractivity contribution in [1.82, 2.24) is 5.32 Å². The monoisotopic (exact) mass is 235 g/mol. The van der Waals surface area contributed by atoms with Crippen LogP contribution in [0.2, 0.25) is 6.55 Å². The zero-order valence-electron chi connectivity index (χ0n) is 10.6. The SMILES string of the molecule is CC1CN1.CCO[Si](C)(OCC)OCC. The highest BCUT2D eigenvalue weighted by Gasteiger charge is 2.32. The molecule has 4 nitrogen and oxygen atoms in total. The lowest BCUT2D eigenvalue weighted by atomic mass is 10.6. The van der Waals surface area contributed by atoms with Crippen molar-refractivity contribution in [2.45, 2.75) is 40.3 Å². The predicted molar refractivity (Wildman–Crippen MR) is 64.0 cm³/mol. The lowest BCUT2D eigenvalue weighted by Gasteiger charge is -2.23. The molecule has 0 aliphatic carbocycles. The van der Waals surface area contributed by atoms with E-state index in [9.17, 15) is 0 Å². The molecule has 92 valence electrons. The summed E-state index contributed by atoms with van der Waals surface area (Å²) in [7, 11) is -2.25. The van der Waals surface area contributed by atoms with Crippen molar-refractivity contribution in [2.75, 3.05) is 26.4 Å². The fraction of sp³-hybridized carbons (Fsp3) is 1.00. The lowest BCUT2D eigenvalue weighted by molar-refractivity contribution is 0.0783. The van der Waals surface area contributed by atoms with Gasteiger partial charge >= 0.3 is 8.80 Å². The molecule has 1 rings (SSSR count). The molecule has 15 heavy (non-hydrogen) atoms. The van der Waals surface area contributed by atoms with Crippen LogP contribution in [0.4, 0.5) is 0 Å². The van der Waals surface area contributed by atoms with Crippen LogP contribution in [0.15, 0.2) is 0 Å². The van der Waals surface area contributed by atoms with Gasteiger partial charge in [-0.3, -0.25) is 0 Å². The maximum absolute atomic E-state index is 5.40. The van der Waals surface area contributed by atoms with E-state index in [4.69, 9.17) is 13.3 Å². The summed E-state index contributed by atoms with van der Waals surface area (Å²) in [5.74, 6) is 0. The van der Waals surface area contributed by atoms with E-state index >= 15 is 0 Å². The highest BCUT2D eigenvalue weighted by Crippen LogP contribution is 2.08. The minimum atomic E-state index is -2.25. The standard InChI is InChI=1S/C7H18O3Si.C3H7N/c1-5-8-11(4,9-6-2)10-7-3;1-3-2-4-3/h5-7H2,1-4H3;3-4H,2H2,1H3. The van der Waals surface area contributed by atoms with Crippen molar-refractivity contribution in [3.05, 3.63) is 0 Å². The van der Waals surface area contributed by atoms with Gasteiger partial charge in [0.1, 0.15) is 0 Å². The van der Waals surface area contributed by atoms with E-state index in [1.807, 2.05) is 27.3 Å². The minimum Gasteiger partial charge on any atom is -0.374 e. The van der Waals surface area contributed by atoms with Crippen molar-refractivity contribution in [3.63, 3.8) is 0 Å². The van der Waals surface area contributed by atoms with Gasteiger partial charge in [-0.2, -0.15) is 0 Å². The Balaban J connectivity index is 0.000000401. The third kappa shape index (κ3) is 9.01. The van der Waals surface area contributed by atoms with Crippen LogP contribution < -0.4 is 5.32 Å². The van der Waals surface area contributed by atoms with Gasteiger partial charge in [0.2, 0.25) is 0 Å². The average Bonchev–Trinajstić information content (AvgIpc) is 2.89. The molecule has 1 saturated heterocycles. The lowest BCUT2D eigenvalue weighted by Crippen LogP contribution is -2.42. The van der Waals surface area contributed by atoms with E-state index < -0.39 is 8.80 Å². The maximum Gasteiger partial charge on any atom is 0.497 e. The van der Waals surface area contributed by atoms with Gasteiger partial charge in [0.15, 0.2) is 0 Å². The van der Waals surface area contributed by atoms with Crippen molar-refractivity contribution >= 4 is 8.80 Å². The van der Waals surface area contributed by atoms with Crippen molar-refractivity contribution in [3.8, 4) is 0 Å². The molecule has 1 N–H and O–H groups in total. The fourth-order valence-electron chi connectivity index (χ4n) is 1.03. The molecule has 0 aromatic rings. The third-order valence-electron chi connectivity index (χ3n) is 1.83. The molecule has 1 aliphatic heterocycles. The van der Waals surface area contributed by atoms with E-state index in [0.29, 0.717) is 19.8 Å². The number of rotatable bonds is 6. The van der Waals surface area contributed by atoms with Crippen LogP contribution in [0.25, 0.3) is 0 Å². The van der Waals surface area contributed by atoms with Gasteiger partial charge in [0, 0.05) is 39.0 Å². The molecule has 0 saturated carbocycles. The molecule has 0 aromatic carbocycles. The molecule has 0 radical (unpaired) electrons. The molecule has 1 atom stereocenters. The summed E-state index contributed by atoms with van der Waals surface area (Å²) in [6.07, 6.45) is 0. The first-order valence-corrected chi connectivity index (χ1v) is 7.95. The summed E-state index contributed by atoms with van der Waals surface area (Å²) in [6, 6.07) is 0.833. The maximum atomic E-state index is 5.40. The Labute approximate surface area is 94.7 Å². The van der Waals surface area contributed by atoms with E-state index in [1.54, 1.807) is 0 Å². The van der Waals surface area contributed by atoms with E-state index in [1.165, 1.54) is 6.54 Å². The van der Waals surface area contributed by atoms with Crippen LogP contribution in [-0.4, -0.2) is 41.2 Å².